The lowest BCUT2D eigenvalue weighted by atomic mass is 10.1. The van der Waals surface area contributed by atoms with Gasteiger partial charge in [0.05, 0.1) is 19.6 Å². The van der Waals surface area contributed by atoms with E-state index in [1.54, 1.807) is 24.1 Å². The van der Waals surface area contributed by atoms with E-state index in [9.17, 15) is 10.0 Å². The van der Waals surface area contributed by atoms with Gasteiger partial charge in [-0.3, -0.25) is 5.21 Å². The summed E-state index contributed by atoms with van der Waals surface area (Å²) in [6.07, 6.45) is 1.95. The first-order valence-corrected chi connectivity index (χ1v) is 5.35. The molecule has 0 radical (unpaired) electrons. The average molecular weight is 223 g/mol. The molecule has 86 valence electrons. The fourth-order valence-electron chi connectivity index (χ4n) is 1.89. The first-order valence-electron chi connectivity index (χ1n) is 5.35. The van der Waals surface area contributed by atoms with Crippen molar-refractivity contribution >= 4 is 6.09 Å². The molecular weight excluding hydrogens is 208 g/mol. The summed E-state index contributed by atoms with van der Waals surface area (Å²) in [5.74, 6) is 0. The Balaban J connectivity index is 2.15. The average Bonchev–Trinajstić information content (AvgIpc) is 2.29. The minimum Gasteiger partial charge on any atom is -0.450 e. The van der Waals surface area contributed by atoms with Gasteiger partial charge < -0.3 is 9.64 Å². The van der Waals surface area contributed by atoms with Crippen LogP contribution in [0.1, 0.15) is 18.2 Å². The standard InChI is InChI=1S/C11H15N2O3/c1-2-16-11(14)12-7-5-10-9(8-12)4-3-6-13(10)15/h3-4,6,15H,2,5,7-8H2,1H3/q+1. The number of nitrogens with zero attached hydrogens (tertiary/aromatic N) is 2. The van der Waals surface area contributed by atoms with E-state index in [-0.39, 0.29) is 6.09 Å². The lowest BCUT2D eigenvalue weighted by molar-refractivity contribution is -0.910. The molecule has 1 aliphatic rings. The fraction of sp³-hybridized carbons (Fsp3) is 0.455. The van der Waals surface area contributed by atoms with E-state index in [2.05, 4.69) is 0 Å². The van der Waals surface area contributed by atoms with E-state index < -0.39 is 0 Å². The summed E-state index contributed by atoms with van der Waals surface area (Å²) in [5, 5.41) is 9.57. The maximum Gasteiger partial charge on any atom is 0.410 e. The molecule has 16 heavy (non-hydrogen) atoms. The Labute approximate surface area is 93.8 Å². The number of hydrogen-bond acceptors (Lipinski definition) is 3. The topological polar surface area (TPSA) is 53.7 Å². The third-order valence-electron chi connectivity index (χ3n) is 2.68. The van der Waals surface area contributed by atoms with Crippen molar-refractivity contribution in [1.29, 1.82) is 0 Å². The van der Waals surface area contributed by atoms with Crippen LogP contribution in [0.3, 0.4) is 0 Å². The van der Waals surface area contributed by atoms with Gasteiger partial charge in [0, 0.05) is 22.9 Å². The second-order valence-corrected chi connectivity index (χ2v) is 3.70. The van der Waals surface area contributed by atoms with Crippen molar-refractivity contribution in [3.63, 3.8) is 0 Å². The SMILES string of the molecule is CCOC(=O)N1CCc2c(ccc[n+]2O)C1. The Morgan fingerprint density at radius 1 is 1.69 bits per heavy atom. The van der Waals surface area contributed by atoms with E-state index >= 15 is 0 Å². The molecule has 0 aromatic carbocycles. The van der Waals surface area contributed by atoms with Gasteiger partial charge in [0.2, 0.25) is 11.9 Å². The molecule has 1 N–H and O–H groups in total. The van der Waals surface area contributed by atoms with E-state index in [1.165, 1.54) is 0 Å². The second-order valence-electron chi connectivity index (χ2n) is 3.70. The van der Waals surface area contributed by atoms with Crippen LogP contribution in [0.25, 0.3) is 0 Å². The molecule has 0 aliphatic carbocycles. The van der Waals surface area contributed by atoms with Gasteiger partial charge in [-0.25, -0.2) is 4.79 Å². The van der Waals surface area contributed by atoms with Crippen molar-refractivity contribution in [3.05, 3.63) is 29.6 Å². The molecule has 0 spiro atoms. The molecule has 1 aromatic heterocycles. The third kappa shape index (κ3) is 1.93. The van der Waals surface area contributed by atoms with Crippen LogP contribution < -0.4 is 4.73 Å². The highest BCUT2D eigenvalue weighted by atomic mass is 16.6. The van der Waals surface area contributed by atoms with Crippen molar-refractivity contribution in [2.45, 2.75) is 19.9 Å². The van der Waals surface area contributed by atoms with Crippen LogP contribution in [0, 0.1) is 0 Å². The zero-order valence-electron chi connectivity index (χ0n) is 9.22. The Bertz CT molecular complexity index is 406. The van der Waals surface area contributed by atoms with Crippen molar-refractivity contribution in [2.75, 3.05) is 13.2 Å². The van der Waals surface area contributed by atoms with Crippen molar-refractivity contribution in [2.24, 2.45) is 0 Å². The molecule has 0 bridgehead atoms. The fourth-order valence-corrected chi connectivity index (χ4v) is 1.89. The second kappa shape index (κ2) is 4.38. The summed E-state index contributed by atoms with van der Waals surface area (Å²) in [7, 11) is 0. The van der Waals surface area contributed by atoms with Gasteiger partial charge in [-0.2, -0.15) is 0 Å². The van der Waals surface area contributed by atoms with Gasteiger partial charge in [-0.1, -0.05) is 0 Å². The summed E-state index contributed by atoms with van der Waals surface area (Å²) in [6.45, 7) is 3.25. The van der Waals surface area contributed by atoms with Crippen LogP contribution in [-0.2, 0) is 17.7 Å². The summed E-state index contributed by atoms with van der Waals surface area (Å²) < 4.78 is 6.07. The molecule has 1 amide bonds. The zero-order valence-corrected chi connectivity index (χ0v) is 9.22. The monoisotopic (exact) mass is 223 g/mol. The highest BCUT2D eigenvalue weighted by Crippen LogP contribution is 2.15. The molecule has 0 saturated carbocycles. The first kappa shape index (κ1) is 10.7. The number of amides is 1. The maximum atomic E-state index is 11.5. The summed E-state index contributed by atoms with van der Waals surface area (Å²) >= 11 is 0. The van der Waals surface area contributed by atoms with E-state index in [0.29, 0.717) is 26.1 Å². The summed E-state index contributed by atoms with van der Waals surface area (Å²) in [4.78, 5) is 13.2. The lowest BCUT2D eigenvalue weighted by Crippen LogP contribution is -2.44. The Kier molecular flexibility index (Phi) is 2.94. The highest BCUT2D eigenvalue weighted by Gasteiger charge is 2.27. The molecular formula is C11H15N2O3+. The van der Waals surface area contributed by atoms with Crippen LogP contribution in [0.4, 0.5) is 4.79 Å². The van der Waals surface area contributed by atoms with Crippen LogP contribution >= 0.6 is 0 Å². The molecule has 0 fully saturated rings. The van der Waals surface area contributed by atoms with Gasteiger partial charge in [-0.05, 0) is 13.0 Å². The molecule has 5 heteroatoms. The summed E-state index contributed by atoms with van der Waals surface area (Å²) in [5.41, 5.74) is 1.83. The Morgan fingerprint density at radius 2 is 2.50 bits per heavy atom. The largest absolute Gasteiger partial charge is 0.450 e. The Morgan fingerprint density at radius 3 is 3.25 bits per heavy atom. The molecule has 0 saturated heterocycles. The number of carbonyl (C=O) groups excluding carboxylic acids is 1. The van der Waals surface area contributed by atoms with Gasteiger partial charge in [0.25, 0.3) is 0 Å². The van der Waals surface area contributed by atoms with E-state index in [4.69, 9.17) is 4.74 Å². The third-order valence-corrected chi connectivity index (χ3v) is 2.68. The smallest absolute Gasteiger partial charge is 0.410 e. The highest BCUT2D eigenvalue weighted by molar-refractivity contribution is 5.68. The predicted octanol–water partition coefficient (Wildman–Crippen LogP) is 0.726. The molecule has 0 atom stereocenters. The summed E-state index contributed by atoms with van der Waals surface area (Å²) in [6, 6.07) is 3.67. The molecule has 5 nitrogen and oxygen atoms in total. The maximum absolute atomic E-state index is 11.5. The van der Waals surface area contributed by atoms with Gasteiger partial charge in [0.15, 0.2) is 0 Å². The number of fused-ring (bicyclic) bond motifs is 1. The number of ether oxygens (including phenoxy) is 1. The molecule has 1 aliphatic heterocycles. The minimum atomic E-state index is -0.290. The number of carbonyl (C=O) groups is 1. The molecule has 0 unspecified atom stereocenters. The lowest BCUT2D eigenvalue weighted by Gasteiger charge is -2.25. The number of pyridine rings is 1. The van der Waals surface area contributed by atoms with Crippen molar-refractivity contribution in [3.8, 4) is 0 Å². The molecule has 2 rings (SSSR count). The number of aromatic nitrogens is 1. The van der Waals surface area contributed by atoms with Gasteiger partial charge in [0.1, 0.15) is 0 Å². The van der Waals surface area contributed by atoms with Gasteiger partial charge in [-0.15, -0.1) is 0 Å². The number of rotatable bonds is 1. The number of hydrogen-bond donors (Lipinski definition) is 1. The molecule has 1 aromatic rings. The first-order chi connectivity index (χ1) is 7.72. The van der Waals surface area contributed by atoms with Crippen LogP contribution in [-0.4, -0.2) is 29.4 Å². The quantitative estimate of drug-likeness (QED) is 0.564. The molecule has 2 heterocycles. The van der Waals surface area contributed by atoms with Crippen molar-refractivity contribution in [1.82, 2.24) is 4.90 Å². The van der Waals surface area contributed by atoms with Crippen LogP contribution in [0.2, 0.25) is 0 Å². The van der Waals surface area contributed by atoms with Crippen LogP contribution in [0.15, 0.2) is 18.3 Å². The van der Waals surface area contributed by atoms with Crippen LogP contribution in [0.5, 0.6) is 0 Å². The van der Waals surface area contributed by atoms with Crippen molar-refractivity contribution < 1.29 is 19.5 Å². The van der Waals surface area contributed by atoms with E-state index in [0.717, 1.165) is 16.0 Å². The van der Waals surface area contributed by atoms with Gasteiger partial charge >= 0.3 is 6.09 Å². The Hall–Kier alpha value is -1.78. The normalized spacial score (nSPS) is 14.4. The zero-order chi connectivity index (χ0) is 11.5. The van der Waals surface area contributed by atoms with E-state index in [1.807, 2.05) is 6.07 Å². The predicted molar refractivity (Wildman–Crippen MR) is 55.0 cm³/mol. The minimum absolute atomic E-state index is 0.290.